The molecular weight excluding hydrogens is 188 g/mol. The Hall–Kier alpha value is -0.630. The maximum absolute atomic E-state index is 10.2. The van der Waals surface area contributed by atoms with Crippen molar-refractivity contribution in [3.63, 3.8) is 0 Å². The molecule has 0 heterocycles. The van der Waals surface area contributed by atoms with Crippen molar-refractivity contribution in [3.05, 3.63) is 12.2 Å². The summed E-state index contributed by atoms with van der Waals surface area (Å²) in [4.78, 5) is 10.2. The van der Waals surface area contributed by atoms with Crippen molar-refractivity contribution in [1.82, 2.24) is 0 Å². The second-order valence-corrected chi connectivity index (χ2v) is 4.02. The SMILES string of the molecule is CC/C=C\CC(CCCC=O)OC(C)C. The molecule has 0 aliphatic carbocycles. The van der Waals surface area contributed by atoms with Crippen LogP contribution >= 0.6 is 0 Å². The van der Waals surface area contributed by atoms with E-state index in [0.717, 1.165) is 32.0 Å². The van der Waals surface area contributed by atoms with E-state index in [2.05, 4.69) is 32.9 Å². The summed E-state index contributed by atoms with van der Waals surface area (Å²) in [5.41, 5.74) is 0. The highest BCUT2D eigenvalue weighted by Crippen LogP contribution is 2.11. The van der Waals surface area contributed by atoms with Gasteiger partial charge in [0.05, 0.1) is 12.2 Å². The van der Waals surface area contributed by atoms with E-state index < -0.39 is 0 Å². The predicted octanol–water partition coefficient (Wildman–Crippen LogP) is 3.51. The predicted molar refractivity (Wildman–Crippen MR) is 64.0 cm³/mol. The first-order chi connectivity index (χ1) is 7.20. The van der Waals surface area contributed by atoms with Gasteiger partial charge in [0, 0.05) is 6.42 Å². The fourth-order valence-corrected chi connectivity index (χ4v) is 1.47. The smallest absolute Gasteiger partial charge is 0.119 e. The normalized spacial score (nSPS) is 13.6. The Kier molecular flexibility index (Phi) is 9.49. The molecule has 88 valence electrons. The van der Waals surface area contributed by atoms with E-state index in [4.69, 9.17) is 4.74 Å². The minimum absolute atomic E-state index is 0.265. The molecule has 15 heavy (non-hydrogen) atoms. The molecule has 0 bridgehead atoms. The summed E-state index contributed by atoms with van der Waals surface area (Å²) in [6.07, 6.45) is 10.4. The zero-order valence-electron chi connectivity index (χ0n) is 10.2. The van der Waals surface area contributed by atoms with E-state index in [1.54, 1.807) is 0 Å². The highest BCUT2D eigenvalue weighted by molar-refractivity contribution is 5.48. The molecule has 0 aromatic heterocycles. The van der Waals surface area contributed by atoms with E-state index in [1.165, 1.54) is 0 Å². The Bertz CT molecular complexity index is 173. The lowest BCUT2D eigenvalue weighted by Gasteiger charge is -2.18. The fraction of sp³-hybridized carbons (Fsp3) is 0.769. The van der Waals surface area contributed by atoms with Gasteiger partial charge in [-0.25, -0.2) is 0 Å². The lowest BCUT2D eigenvalue weighted by Crippen LogP contribution is -2.17. The number of unbranched alkanes of at least 4 members (excludes halogenated alkanes) is 1. The van der Waals surface area contributed by atoms with Crippen molar-refractivity contribution in [3.8, 4) is 0 Å². The van der Waals surface area contributed by atoms with Gasteiger partial charge in [-0.1, -0.05) is 19.1 Å². The summed E-state index contributed by atoms with van der Waals surface area (Å²) in [5.74, 6) is 0. The van der Waals surface area contributed by atoms with Crippen molar-refractivity contribution < 1.29 is 9.53 Å². The van der Waals surface area contributed by atoms with Crippen molar-refractivity contribution in [1.29, 1.82) is 0 Å². The second kappa shape index (κ2) is 9.91. The van der Waals surface area contributed by atoms with Crippen LogP contribution in [0.15, 0.2) is 12.2 Å². The van der Waals surface area contributed by atoms with Crippen molar-refractivity contribution in [2.24, 2.45) is 0 Å². The Morgan fingerprint density at radius 2 is 2.00 bits per heavy atom. The number of aldehydes is 1. The molecule has 0 rings (SSSR count). The quantitative estimate of drug-likeness (QED) is 0.332. The van der Waals surface area contributed by atoms with Gasteiger partial charge < -0.3 is 9.53 Å². The summed E-state index contributed by atoms with van der Waals surface area (Å²) in [7, 11) is 0. The van der Waals surface area contributed by atoms with E-state index in [9.17, 15) is 4.79 Å². The van der Waals surface area contributed by atoms with Crippen LogP contribution in [-0.4, -0.2) is 18.5 Å². The van der Waals surface area contributed by atoms with Gasteiger partial charge in [-0.15, -0.1) is 0 Å². The maximum Gasteiger partial charge on any atom is 0.119 e. The van der Waals surface area contributed by atoms with E-state index in [1.807, 2.05) is 0 Å². The molecule has 0 fully saturated rings. The average Bonchev–Trinajstić information content (AvgIpc) is 2.17. The fourth-order valence-electron chi connectivity index (χ4n) is 1.47. The van der Waals surface area contributed by atoms with Crippen molar-refractivity contribution in [2.75, 3.05) is 0 Å². The first kappa shape index (κ1) is 14.4. The third-order valence-electron chi connectivity index (χ3n) is 2.11. The van der Waals surface area contributed by atoms with Crippen LogP contribution in [0.2, 0.25) is 0 Å². The number of allylic oxidation sites excluding steroid dienone is 1. The molecule has 0 saturated heterocycles. The van der Waals surface area contributed by atoms with Crippen LogP contribution in [0.25, 0.3) is 0 Å². The Morgan fingerprint density at radius 1 is 1.27 bits per heavy atom. The van der Waals surface area contributed by atoms with E-state index in [0.29, 0.717) is 6.42 Å². The lowest BCUT2D eigenvalue weighted by molar-refractivity contribution is -0.108. The minimum atomic E-state index is 0.265. The first-order valence-corrected chi connectivity index (χ1v) is 5.94. The molecule has 0 spiro atoms. The molecule has 0 aromatic carbocycles. The molecule has 0 amide bonds. The Labute approximate surface area is 93.7 Å². The molecule has 0 aromatic rings. The molecule has 2 heteroatoms. The number of hydrogen-bond acceptors (Lipinski definition) is 2. The highest BCUT2D eigenvalue weighted by atomic mass is 16.5. The monoisotopic (exact) mass is 212 g/mol. The minimum Gasteiger partial charge on any atom is -0.375 e. The number of carbonyl (C=O) groups is 1. The van der Waals surface area contributed by atoms with Crippen LogP contribution in [0, 0.1) is 0 Å². The molecule has 0 N–H and O–H groups in total. The molecule has 2 nitrogen and oxygen atoms in total. The number of ether oxygens (including phenoxy) is 1. The Balaban J connectivity index is 3.83. The molecule has 0 aliphatic rings. The molecule has 1 atom stereocenters. The lowest BCUT2D eigenvalue weighted by atomic mass is 10.1. The largest absolute Gasteiger partial charge is 0.375 e. The van der Waals surface area contributed by atoms with Gasteiger partial charge in [0.2, 0.25) is 0 Å². The van der Waals surface area contributed by atoms with Gasteiger partial charge in [0.1, 0.15) is 6.29 Å². The summed E-state index contributed by atoms with van der Waals surface area (Å²) in [6, 6.07) is 0. The van der Waals surface area contributed by atoms with Gasteiger partial charge in [-0.3, -0.25) is 0 Å². The molecular formula is C13H24O2. The van der Waals surface area contributed by atoms with Gasteiger partial charge in [0.25, 0.3) is 0 Å². The van der Waals surface area contributed by atoms with E-state index >= 15 is 0 Å². The van der Waals surface area contributed by atoms with E-state index in [-0.39, 0.29) is 12.2 Å². The van der Waals surface area contributed by atoms with Gasteiger partial charge in [-0.2, -0.15) is 0 Å². The maximum atomic E-state index is 10.2. The van der Waals surface area contributed by atoms with Crippen LogP contribution in [0.5, 0.6) is 0 Å². The number of rotatable bonds is 9. The van der Waals surface area contributed by atoms with Crippen LogP contribution in [0.3, 0.4) is 0 Å². The molecule has 0 radical (unpaired) electrons. The summed E-state index contributed by atoms with van der Waals surface area (Å²) in [5, 5.41) is 0. The van der Waals surface area contributed by atoms with Crippen LogP contribution in [-0.2, 0) is 9.53 Å². The Morgan fingerprint density at radius 3 is 2.53 bits per heavy atom. The zero-order valence-corrected chi connectivity index (χ0v) is 10.2. The topological polar surface area (TPSA) is 26.3 Å². The summed E-state index contributed by atoms with van der Waals surface area (Å²) < 4.78 is 5.78. The van der Waals surface area contributed by atoms with Gasteiger partial charge in [-0.05, 0) is 39.5 Å². The second-order valence-electron chi connectivity index (χ2n) is 4.02. The third kappa shape index (κ3) is 9.67. The third-order valence-corrected chi connectivity index (χ3v) is 2.11. The zero-order chi connectivity index (χ0) is 11.5. The first-order valence-electron chi connectivity index (χ1n) is 5.94. The molecule has 0 aliphatic heterocycles. The van der Waals surface area contributed by atoms with Gasteiger partial charge >= 0.3 is 0 Å². The summed E-state index contributed by atoms with van der Waals surface area (Å²) >= 11 is 0. The van der Waals surface area contributed by atoms with Gasteiger partial charge in [0.15, 0.2) is 0 Å². The number of carbonyl (C=O) groups excluding carboxylic acids is 1. The van der Waals surface area contributed by atoms with Crippen molar-refractivity contribution in [2.45, 2.75) is 65.1 Å². The summed E-state index contributed by atoms with van der Waals surface area (Å²) in [6.45, 7) is 6.23. The standard InChI is InChI=1S/C13H24O2/c1-4-5-6-9-13(15-12(2)3)10-7-8-11-14/h5-6,11-13H,4,7-10H2,1-3H3/b6-5-. The van der Waals surface area contributed by atoms with Crippen LogP contribution in [0.4, 0.5) is 0 Å². The van der Waals surface area contributed by atoms with Crippen LogP contribution in [0.1, 0.15) is 52.9 Å². The number of hydrogen-bond donors (Lipinski definition) is 0. The highest BCUT2D eigenvalue weighted by Gasteiger charge is 2.08. The molecule has 1 unspecified atom stereocenters. The van der Waals surface area contributed by atoms with Crippen molar-refractivity contribution >= 4 is 6.29 Å². The molecule has 0 saturated carbocycles. The van der Waals surface area contributed by atoms with Crippen LogP contribution < -0.4 is 0 Å². The average molecular weight is 212 g/mol.